The lowest BCUT2D eigenvalue weighted by Crippen LogP contribution is -2.37. The van der Waals surface area contributed by atoms with Crippen LogP contribution in [0.3, 0.4) is 0 Å². The van der Waals surface area contributed by atoms with Crippen molar-refractivity contribution in [3.63, 3.8) is 0 Å². The van der Waals surface area contributed by atoms with Crippen LogP contribution in [0.1, 0.15) is 0 Å². The Labute approximate surface area is 168 Å². The van der Waals surface area contributed by atoms with Crippen molar-refractivity contribution in [2.24, 2.45) is 10.2 Å². The van der Waals surface area contributed by atoms with Crippen molar-refractivity contribution >= 4 is 22.5 Å². The number of hydrogen-bond acceptors (Lipinski definition) is 6. The summed E-state index contributed by atoms with van der Waals surface area (Å²) >= 11 is 0. The van der Waals surface area contributed by atoms with Gasteiger partial charge in [0.05, 0.1) is 25.4 Å². The average Bonchev–Trinajstić information content (AvgIpc) is 3.03. The number of hydrogen-bond donors (Lipinski definition) is 1. The lowest BCUT2D eigenvalue weighted by molar-refractivity contribution is -0.120. The highest BCUT2D eigenvalue weighted by molar-refractivity contribution is 5.95. The van der Waals surface area contributed by atoms with Crippen molar-refractivity contribution in [1.29, 1.82) is 0 Å². The first-order valence-corrected chi connectivity index (χ1v) is 9.45. The van der Waals surface area contributed by atoms with Crippen LogP contribution >= 0.6 is 0 Å². The highest BCUT2D eigenvalue weighted by Crippen LogP contribution is 2.39. The Bertz CT molecular complexity index is 1010. The Morgan fingerprint density at radius 1 is 1.07 bits per heavy atom. The van der Waals surface area contributed by atoms with E-state index in [1.165, 1.54) is 0 Å². The molecule has 1 aromatic heterocycles. The van der Waals surface area contributed by atoms with Gasteiger partial charge in [-0.2, -0.15) is 0 Å². The lowest BCUT2D eigenvalue weighted by Gasteiger charge is -2.27. The maximum atomic E-state index is 12.1. The smallest absolute Gasteiger partial charge is 0.302 e. The number of benzene rings is 2. The van der Waals surface area contributed by atoms with Gasteiger partial charge in [-0.1, -0.05) is 36.4 Å². The van der Waals surface area contributed by atoms with E-state index in [-0.39, 0.29) is 18.2 Å². The second kappa shape index (κ2) is 8.85. The number of para-hydroxylation sites is 2. The van der Waals surface area contributed by atoms with Crippen molar-refractivity contribution in [3.05, 3.63) is 54.6 Å². The molecular formula is C21H22N4O4. The molecule has 1 saturated heterocycles. The highest BCUT2D eigenvalue weighted by atomic mass is 16.5. The molecule has 1 amide bonds. The largest absolute Gasteiger partial charge is 0.493 e. The topological polar surface area (TPSA) is 88.7 Å². The molecule has 4 rings (SSSR count). The zero-order chi connectivity index (χ0) is 20.1. The van der Waals surface area contributed by atoms with Crippen molar-refractivity contribution in [2.75, 3.05) is 32.9 Å². The molecule has 8 nitrogen and oxygen atoms in total. The molecule has 29 heavy (non-hydrogen) atoms. The molecule has 1 fully saturated rings. The molecule has 0 atom stereocenters. The van der Waals surface area contributed by atoms with Crippen molar-refractivity contribution < 1.29 is 19.4 Å². The third-order valence-corrected chi connectivity index (χ3v) is 4.73. The summed E-state index contributed by atoms with van der Waals surface area (Å²) in [5.41, 5.74) is 1.11. The standard InChI is InChI=1S/C21H22N4O4/c26-19(14-29-16-6-2-1-3-7-16)22-23-20-17-8-4-5-9-18(17)25(21(20)27)15-24-10-12-28-13-11-24/h1-9,27H,10-15H2. The Morgan fingerprint density at radius 3 is 2.59 bits per heavy atom. The van der Waals surface area contributed by atoms with E-state index in [4.69, 9.17) is 9.47 Å². The number of morpholine rings is 1. The fourth-order valence-electron chi connectivity index (χ4n) is 3.25. The Kier molecular flexibility index (Phi) is 5.83. The molecule has 0 bridgehead atoms. The Morgan fingerprint density at radius 2 is 1.79 bits per heavy atom. The molecule has 1 aliphatic heterocycles. The number of fused-ring (bicyclic) bond motifs is 1. The van der Waals surface area contributed by atoms with Crippen LogP contribution in [0.25, 0.3) is 10.9 Å². The summed E-state index contributed by atoms with van der Waals surface area (Å²) in [6.07, 6.45) is 0. The van der Waals surface area contributed by atoms with E-state index >= 15 is 0 Å². The average molecular weight is 394 g/mol. The third kappa shape index (κ3) is 4.44. The van der Waals surface area contributed by atoms with Crippen molar-refractivity contribution in [1.82, 2.24) is 9.47 Å². The van der Waals surface area contributed by atoms with Crippen LogP contribution in [0.5, 0.6) is 11.6 Å². The molecule has 0 aliphatic carbocycles. The van der Waals surface area contributed by atoms with Crippen LogP contribution in [0.15, 0.2) is 64.8 Å². The second-order valence-electron chi connectivity index (χ2n) is 6.68. The van der Waals surface area contributed by atoms with Crippen molar-refractivity contribution in [2.45, 2.75) is 6.67 Å². The fourth-order valence-corrected chi connectivity index (χ4v) is 3.25. The number of amides is 1. The second-order valence-corrected chi connectivity index (χ2v) is 6.68. The number of carbonyl (C=O) groups is 1. The van der Waals surface area contributed by atoms with Gasteiger partial charge in [0.1, 0.15) is 5.75 Å². The molecule has 1 N–H and O–H groups in total. The molecule has 8 heteroatoms. The summed E-state index contributed by atoms with van der Waals surface area (Å²) < 4.78 is 12.6. The number of carbonyl (C=O) groups excluding carboxylic acids is 1. The summed E-state index contributed by atoms with van der Waals surface area (Å²) in [7, 11) is 0. The quantitative estimate of drug-likeness (QED) is 0.648. The van der Waals surface area contributed by atoms with E-state index < -0.39 is 5.91 Å². The van der Waals surface area contributed by atoms with Gasteiger partial charge < -0.3 is 14.6 Å². The zero-order valence-electron chi connectivity index (χ0n) is 15.9. The summed E-state index contributed by atoms with van der Waals surface area (Å²) in [4.78, 5) is 14.3. The minimum Gasteiger partial charge on any atom is -0.493 e. The first-order valence-electron chi connectivity index (χ1n) is 9.45. The normalized spacial score (nSPS) is 15.2. The molecule has 0 saturated carbocycles. The summed E-state index contributed by atoms with van der Waals surface area (Å²) in [6.45, 7) is 3.21. The van der Waals surface area contributed by atoms with Crippen LogP contribution < -0.4 is 4.74 Å². The minimum atomic E-state index is -0.529. The van der Waals surface area contributed by atoms with E-state index in [2.05, 4.69) is 15.1 Å². The van der Waals surface area contributed by atoms with E-state index in [9.17, 15) is 9.90 Å². The molecule has 0 spiro atoms. The number of nitrogens with zero attached hydrogens (tertiary/aromatic N) is 4. The first kappa shape index (κ1) is 19.1. The van der Waals surface area contributed by atoms with Gasteiger partial charge >= 0.3 is 5.91 Å². The van der Waals surface area contributed by atoms with Gasteiger partial charge in [-0.15, -0.1) is 10.2 Å². The predicted octanol–water partition coefficient (Wildman–Crippen LogP) is 3.33. The molecule has 2 aromatic carbocycles. The lowest BCUT2D eigenvalue weighted by atomic mass is 10.2. The molecular weight excluding hydrogens is 372 g/mol. The molecule has 2 heterocycles. The monoisotopic (exact) mass is 394 g/mol. The van der Waals surface area contributed by atoms with Gasteiger partial charge in [-0.25, -0.2) is 0 Å². The third-order valence-electron chi connectivity index (χ3n) is 4.73. The zero-order valence-corrected chi connectivity index (χ0v) is 15.9. The van der Waals surface area contributed by atoms with E-state index in [1.54, 1.807) is 16.7 Å². The number of rotatable bonds is 6. The number of azo groups is 1. The van der Waals surface area contributed by atoms with Crippen LogP contribution in [0.4, 0.5) is 5.69 Å². The molecule has 1 aliphatic rings. The predicted molar refractivity (Wildman–Crippen MR) is 107 cm³/mol. The molecule has 3 aromatic rings. The van der Waals surface area contributed by atoms with Gasteiger partial charge in [-0.3, -0.25) is 14.3 Å². The van der Waals surface area contributed by atoms with Gasteiger partial charge in [-0.05, 0) is 18.2 Å². The number of ether oxygens (including phenoxy) is 2. The Hall–Kier alpha value is -3.23. The fraction of sp³-hybridized carbons (Fsp3) is 0.286. The van der Waals surface area contributed by atoms with E-state index in [1.807, 2.05) is 42.5 Å². The van der Waals surface area contributed by atoms with Gasteiger partial charge in [0.25, 0.3) is 0 Å². The maximum absolute atomic E-state index is 12.1. The van der Waals surface area contributed by atoms with Crippen LogP contribution in [0, 0.1) is 0 Å². The minimum absolute atomic E-state index is 0.0155. The van der Waals surface area contributed by atoms with E-state index in [0.717, 1.165) is 24.0 Å². The van der Waals surface area contributed by atoms with Gasteiger partial charge in [0.2, 0.25) is 5.88 Å². The number of aromatic hydroxyl groups is 1. The number of aromatic nitrogens is 1. The van der Waals surface area contributed by atoms with Crippen LogP contribution in [-0.4, -0.2) is 53.4 Å². The Balaban J connectivity index is 1.52. The molecule has 150 valence electrons. The molecule has 0 unspecified atom stereocenters. The highest BCUT2D eigenvalue weighted by Gasteiger charge is 2.19. The van der Waals surface area contributed by atoms with Gasteiger partial charge in [0, 0.05) is 18.5 Å². The summed E-state index contributed by atoms with van der Waals surface area (Å²) in [5, 5.41) is 19.3. The van der Waals surface area contributed by atoms with Crippen LogP contribution in [0.2, 0.25) is 0 Å². The van der Waals surface area contributed by atoms with Gasteiger partial charge in [0.15, 0.2) is 12.3 Å². The summed E-state index contributed by atoms with van der Waals surface area (Å²) in [6, 6.07) is 16.6. The summed E-state index contributed by atoms with van der Waals surface area (Å²) in [5.74, 6) is 0.0393. The molecule has 0 radical (unpaired) electrons. The van der Waals surface area contributed by atoms with Crippen molar-refractivity contribution in [3.8, 4) is 11.6 Å². The van der Waals surface area contributed by atoms with Crippen LogP contribution in [-0.2, 0) is 16.2 Å². The first-order chi connectivity index (χ1) is 14.2. The SMILES string of the molecule is O=C(COc1ccccc1)N=Nc1c(O)n(CN2CCOCC2)c2ccccc12. The van der Waals surface area contributed by atoms with E-state index in [0.29, 0.717) is 25.6 Å². The maximum Gasteiger partial charge on any atom is 0.302 e.